The highest BCUT2D eigenvalue weighted by Crippen LogP contribution is 1.94. The van der Waals surface area contributed by atoms with Gasteiger partial charge in [-0.05, 0) is 0 Å². The summed E-state index contributed by atoms with van der Waals surface area (Å²) in [7, 11) is 1.57. The Labute approximate surface area is 58.2 Å². The standard InChI is InChI=1S/C6H8N2O2/c1-10-4-6-7-2-5(3-9)8-6/h2-3H,4H2,1H3,(H,7,8). The molecule has 1 aromatic rings. The molecule has 1 rings (SSSR count). The molecule has 0 saturated carbocycles. The molecule has 0 aliphatic heterocycles. The van der Waals surface area contributed by atoms with Gasteiger partial charge in [0.1, 0.15) is 12.4 Å². The zero-order chi connectivity index (χ0) is 7.40. The van der Waals surface area contributed by atoms with Gasteiger partial charge >= 0.3 is 0 Å². The number of hydrogen-bond acceptors (Lipinski definition) is 3. The lowest BCUT2D eigenvalue weighted by Gasteiger charge is -1.89. The fraction of sp³-hybridized carbons (Fsp3) is 0.333. The van der Waals surface area contributed by atoms with Crippen molar-refractivity contribution >= 4 is 6.29 Å². The number of aromatic amines is 1. The van der Waals surface area contributed by atoms with Crippen molar-refractivity contribution in [3.63, 3.8) is 0 Å². The number of nitrogens with zero attached hydrogens (tertiary/aromatic N) is 1. The predicted molar refractivity (Wildman–Crippen MR) is 34.7 cm³/mol. The number of nitrogens with one attached hydrogen (secondary N) is 1. The number of aromatic nitrogens is 2. The van der Waals surface area contributed by atoms with Crippen LogP contribution in [0, 0.1) is 0 Å². The van der Waals surface area contributed by atoms with Crippen LogP contribution in [0.2, 0.25) is 0 Å². The van der Waals surface area contributed by atoms with E-state index in [1.807, 2.05) is 0 Å². The lowest BCUT2D eigenvalue weighted by Crippen LogP contribution is -1.89. The summed E-state index contributed by atoms with van der Waals surface area (Å²) in [5.41, 5.74) is 0.479. The molecule has 0 fully saturated rings. The first-order valence-electron chi connectivity index (χ1n) is 2.85. The van der Waals surface area contributed by atoms with E-state index >= 15 is 0 Å². The van der Waals surface area contributed by atoms with Gasteiger partial charge in [-0.2, -0.15) is 0 Å². The molecule has 10 heavy (non-hydrogen) atoms. The van der Waals surface area contributed by atoms with Crippen LogP contribution in [0.4, 0.5) is 0 Å². The second-order valence-electron chi connectivity index (χ2n) is 1.84. The molecule has 0 aromatic carbocycles. The first-order valence-corrected chi connectivity index (χ1v) is 2.85. The van der Waals surface area contributed by atoms with Crippen LogP contribution >= 0.6 is 0 Å². The van der Waals surface area contributed by atoms with Crippen molar-refractivity contribution in [2.75, 3.05) is 7.11 Å². The van der Waals surface area contributed by atoms with Gasteiger partial charge in [0.15, 0.2) is 6.29 Å². The molecule has 0 radical (unpaired) electrons. The molecule has 0 bridgehead atoms. The second-order valence-corrected chi connectivity index (χ2v) is 1.84. The average Bonchev–Trinajstić information content (AvgIpc) is 2.37. The van der Waals surface area contributed by atoms with Gasteiger partial charge in [-0.25, -0.2) is 4.98 Å². The minimum absolute atomic E-state index is 0.411. The third-order valence-electron chi connectivity index (χ3n) is 1.06. The number of rotatable bonds is 3. The number of hydrogen-bond donors (Lipinski definition) is 1. The number of methoxy groups -OCH3 is 1. The minimum Gasteiger partial charge on any atom is -0.377 e. The summed E-state index contributed by atoms with van der Waals surface area (Å²) in [6.07, 6.45) is 2.19. The molecule has 4 nitrogen and oxygen atoms in total. The van der Waals surface area contributed by atoms with E-state index in [4.69, 9.17) is 4.74 Å². The Balaban J connectivity index is 2.68. The van der Waals surface area contributed by atoms with E-state index in [-0.39, 0.29) is 0 Å². The lowest BCUT2D eigenvalue weighted by atomic mass is 10.5. The van der Waals surface area contributed by atoms with Crippen molar-refractivity contribution in [3.8, 4) is 0 Å². The summed E-state index contributed by atoms with van der Waals surface area (Å²) < 4.78 is 4.78. The quantitative estimate of drug-likeness (QED) is 0.617. The van der Waals surface area contributed by atoms with Crippen molar-refractivity contribution in [3.05, 3.63) is 17.7 Å². The van der Waals surface area contributed by atoms with E-state index in [0.717, 1.165) is 0 Å². The van der Waals surface area contributed by atoms with Gasteiger partial charge in [0.2, 0.25) is 0 Å². The molecule has 0 aliphatic rings. The monoisotopic (exact) mass is 140 g/mol. The Morgan fingerprint density at radius 3 is 3.20 bits per heavy atom. The normalized spacial score (nSPS) is 9.70. The Morgan fingerprint density at radius 1 is 1.90 bits per heavy atom. The van der Waals surface area contributed by atoms with Gasteiger partial charge in [-0.1, -0.05) is 0 Å². The van der Waals surface area contributed by atoms with Crippen LogP contribution in [0.1, 0.15) is 16.3 Å². The van der Waals surface area contributed by atoms with Gasteiger partial charge in [-0.3, -0.25) is 4.79 Å². The van der Waals surface area contributed by atoms with E-state index in [0.29, 0.717) is 24.4 Å². The van der Waals surface area contributed by atoms with Crippen molar-refractivity contribution in [2.24, 2.45) is 0 Å². The predicted octanol–water partition coefficient (Wildman–Crippen LogP) is 0.369. The Kier molecular flexibility index (Phi) is 2.17. The van der Waals surface area contributed by atoms with Crippen LogP contribution in [0.25, 0.3) is 0 Å². The largest absolute Gasteiger partial charge is 0.377 e. The van der Waals surface area contributed by atoms with Gasteiger partial charge < -0.3 is 9.72 Å². The zero-order valence-corrected chi connectivity index (χ0v) is 5.63. The van der Waals surface area contributed by atoms with E-state index in [1.165, 1.54) is 6.20 Å². The molecule has 0 spiro atoms. The SMILES string of the molecule is COCc1ncc(C=O)[nH]1. The van der Waals surface area contributed by atoms with E-state index in [2.05, 4.69) is 9.97 Å². The zero-order valence-electron chi connectivity index (χ0n) is 5.63. The van der Waals surface area contributed by atoms with E-state index in [9.17, 15) is 4.79 Å². The van der Waals surface area contributed by atoms with Crippen molar-refractivity contribution in [1.29, 1.82) is 0 Å². The highest BCUT2D eigenvalue weighted by atomic mass is 16.5. The van der Waals surface area contributed by atoms with Crippen molar-refractivity contribution < 1.29 is 9.53 Å². The first-order chi connectivity index (χ1) is 4.86. The third-order valence-corrected chi connectivity index (χ3v) is 1.06. The Morgan fingerprint density at radius 2 is 2.70 bits per heavy atom. The molecular weight excluding hydrogens is 132 g/mol. The fourth-order valence-electron chi connectivity index (χ4n) is 0.649. The molecule has 0 atom stereocenters. The Bertz CT molecular complexity index is 219. The highest BCUT2D eigenvalue weighted by molar-refractivity contribution is 5.71. The number of H-pyrrole nitrogens is 1. The van der Waals surface area contributed by atoms with Crippen LogP contribution in [0.3, 0.4) is 0 Å². The van der Waals surface area contributed by atoms with Crippen molar-refractivity contribution in [2.45, 2.75) is 6.61 Å². The second kappa shape index (κ2) is 3.12. The summed E-state index contributed by atoms with van der Waals surface area (Å²) in [5.74, 6) is 0.671. The maximum Gasteiger partial charge on any atom is 0.167 e. The maximum atomic E-state index is 10.1. The molecular formula is C6H8N2O2. The molecule has 0 saturated heterocycles. The van der Waals surface area contributed by atoms with Gasteiger partial charge in [-0.15, -0.1) is 0 Å². The fourth-order valence-corrected chi connectivity index (χ4v) is 0.649. The van der Waals surface area contributed by atoms with Gasteiger partial charge in [0, 0.05) is 7.11 Å². The molecule has 4 heteroatoms. The van der Waals surface area contributed by atoms with E-state index < -0.39 is 0 Å². The number of carbonyl (C=O) groups is 1. The van der Waals surface area contributed by atoms with Crippen LogP contribution < -0.4 is 0 Å². The number of ether oxygens (including phenoxy) is 1. The summed E-state index contributed by atoms with van der Waals surface area (Å²) in [4.78, 5) is 16.7. The van der Waals surface area contributed by atoms with Gasteiger partial charge in [0.25, 0.3) is 0 Å². The molecule has 1 aromatic heterocycles. The van der Waals surface area contributed by atoms with Crippen molar-refractivity contribution in [1.82, 2.24) is 9.97 Å². The molecule has 1 N–H and O–H groups in total. The third kappa shape index (κ3) is 1.41. The molecule has 0 amide bonds. The van der Waals surface area contributed by atoms with Crippen LogP contribution in [-0.2, 0) is 11.3 Å². The summed E-state index contributed by atoms with van der Waals surface area (Å²) in [6, 6.07) is 0. The minimum atomic E-state index is 0.411. The van der Waals surface area contributed by atoms with Crippen LogP contribution in [-0.4, -0.2) is 23.4 Å². The summed E-state index contributed by atoms with van der Waals surface area (Å²) in [5, 5.41) is 0. The highest BCUT2D eigenvalue weighted by Gasteiger charge is 1.96. The molecule has 0 aliphatic carbocycles. The first kappa shape index (κ1) is 6.95. The number of imidazole rings is 1. The molecule has 0 unspecified atom stereocenters. The van der Waals surface area contributed by atoms with Crippen LogP contribution in [0.5, 0.6) is 0 Å². The topological polar surface area (TPSA) is 55.0 Å². The van der Waals surface area contributed by atoms with Crippen LogP contribution in [0.15, 0.2) is 6.20 Å². The van der Waals surface area contributed by atoms with E-state index in [1.54, 1.807) is 7.11 Å². The average molecular weight is 140 g/mol. The lowest BCUT2D eigenvalue weighted by molar-refractivity contribution is 0.111. The number of carbonyl (C=O) groups excluding carboxylic acids is 1. The Hall–Kier alpha value is -1.16. The molecule has 54 valence electrons. The smallest absolute Gasteiger partial charge is 0.167 e. The molecule has 1 heterocycles. The maximum absolute atomic E-state index is 10.1. The summed E-state index contributed by atoms with van der Waals surface area (Å²) >= 11 is 0. The number of aldehydes is 1. The van der Waals surface area contributed by atoms with Gasteiger partial charge in [0.05, 0.1) is 11.9 Å². The summed E-state index contributed by atoms with van der Waals surface area (Å²) in [6.45, 7) is 0.411.